The molecule has 0 saturated carbocycles. The third-order valence-corrected chi connectivity index (χ3v) is 8.19. The Balaban J connectivity index is 1.52. The molecular weight excluding hydrogens is 464 g/mol. The van der Waals surface area contributed by atoms with Crippen LogP contribution in [0.15, 0.2) is 29.1 Å². The Hall–Kier alpha value is -3.61. The molecule has 2 atom stereocenters. The number of nitrogens with zero attached hydrogens (tertiary/aromatic N) is 1. The molecule has 1 aromatic heterocycles. The molecule has 186 valence electrons. The van der Waals surface area contributed by atoms with Crippen molar-refractivity contribution in [3.63, 3.8) is 0 Å². The summed E-state index contributed by atoms with van der Waals surface area (Å²) in [7, 11) is 0. The van der Waals surface area contributed by atoms with Gasteiger partial charge < -0.3 is 19.9 Å². The van der Waals surface area contributed by atoms with E-state index in [1.807, 2.05) is 13.8 Å². The standard InChI is InChI=1S/C29H27F2NO4/c1-13-3-5-15-9-17(30)11-21-24(15)23(13)28(35)19(26(21)33)7-8-20-27(34)22-12-18(31)10-16-6-4-14(2)32(25(16)22)29(20)36/h9-14,33-35H,3-8H2,1-2H3/t13-,14+/m0/s1. The van der Waals surface area contributed by atoms with Crippen LogP contribution in [-0.4, -0.2) is 19.9 Å². The number of aryl methyl sites for hydroxylation is 2. The second-order valence-electron chi connectivity index (χ2n) is 10.4. The van der Waals surface area contributed by atoms with Crippen LogP contribution in [0, 0.1) is 11.6 Å². The summed E-state index contributed by atoms with van der Waals surface area (Å²) in [4.78, 5) is 13.5. The van der Waals surface area contributed by atoms with E-state index >= 15 is 0 Å². The van der Waals surface area contributed by atoms with E-state index in [1.165, 1.54) is 24.3 Å². The highest BCUT2D eigenvalue weighted by molar-refractivity contribution is 5.98. The van der Waals surface area contributed by atoms with Gasteiger partial charge in [0.25, 0.3) is 5.56 Å². The van der Waals surface area contributed by atoms with Gasteiger partial charge in [-0.1, -0.05) is 6.92 Å². The fourth-order valence-corrected chi connectivity index (χ4v) is 6.37. The van der Waals surface area contributed by atoms with Crippen LogP contribution < -0.4 is 5.56 Å². The lowest BCUT2D eigenvalue weighted by Gasteiger charge is -2.27. The molecule has 1 aliphatic heterocycles. The average molecular weight is 492 g/mol. The molecule has 0 spiro atoms. The summed E-state index contributed by atoms with van der Waals surface area (Å²) in [6.45, 7) is 3.91. The minimum atomic E-state index is -0.478. The summed E-state index contributed by atoms with van der Waals surface area (Å²) in [6.07, 6.45) is 2.75. The number of phenols is 2. The second kappa shape index (κ2) is 7.95. The summed E-state index contributed by atoms with van der Waals surface area (Å²) in [6, 6.07) is 5.26. The van der Waals surface area contributed by atoms with Crippen molar-refractivity contribution in [2.45, 2.75) is 64.3 Å². The van der Waals surface area contributed by atoms with Crippen LogP contribution in [0.5, 0.6) is 17.2 Å². The van der Waals surface area contributed by atoms with E-state index in [-0.39, 0.29) is 64.1 Å². The van der Waals surface area contributed by atoms with Crippen LogP contribution in [0.4, 0.5) is 8.78 Å². The van der Waals surface area contributed by atoms with E-state index in [9.17, 15) is 28.9 Å². The van der Waals surface area contributed by atoms with Crippen LogP contribution in [0.3, 0.4) is 0 Å². The summed E-state index contributed by atoms with van der Waals surface area (Å²) in [5.74, 6) is -1.47. The fraction of sp³-hybridized carbons (Fsp3) is 0.345. The van der Waals surface area contributed by atoms with E-state index < -0.39 is 11.6 Å². The maximum atomic E-state index is 14.4. The molecule has 0 radical (unpaired) electrons. The van der Waals surface area contributed by atoms with Crippen LogP contribution in [-0.2, 0) is 25.7 Å². The smallest absolute Gasteiger partial charge is 0.258 e. The fourth-order valence-electron chi connectivity index (χ4n) is 6.37. The molecule has 0 unspecified atom stereocenters. The van der Waals surface area contributed by atoms with Crippen molar-refractivity contribution >= 4 is 21.7 Å². The SMILES string of the molecule is C[C@@H]1CCc2cc(F)cc3c(O)c(CCc4c(O)c5c6c(cc(F)cc6c4O)CC[C@@H]5C)c(=O)n1c23. The first-order valence-corrected chi connectivity index (χ1v) is 12.4. The molecule has 3 aromatic carbocycles. The van der Waals surface area contributed by atoms with Gasteiger partial charge in [0.15, 0.2) is 0 Å². The van der Waals surface area contributed by atoms with Crippen molar-refractivity contribution < 1.29 is 24.1 Å². The number of hydrogen-bond acceptors (Lipinski definition) is 4. The molecule has 0 saturated heterocycles. The van der Waals surface area contributed by atoms with Crippen LogP contribution in [0.1, 0.15) is 66.5 Å². The quantitative estimate of drug-likeness (QED) is 0.334. The first kappa shape index (κ1) is 22.8. The van der Waals surface area contributed by atoms with Gasteiger partial charge in [-0.25, -0.2) is 8.78 Å². The van der Waals surface area contributed by atoms with Crippen LogP contribution in [0.2, 0.25) is 0 Å². The predicted octanol–water partition coefficient (Wildman–Crippen LogP) is 5.89. The molecule has 6 rings (SSSR count). The number of pyridine rings is 1. The summed E-state index contributed by atoms with van der Waals surface area (Å²) < 4.78 is 30.3. The Morgan fingerprint density at radius 3 is 2.19 bits per heavy atom. The highest BCUT2D eigenvalue weighted by Gasteiger charge is 2.29. The van der Waals surface area contributed by atoms with Gasteiger partial charge in [0.05, 0.1) is 11.1 Å². The highest BCUT2D eigenvalue weighted by Crippen LogP contribution is 2.48. The molecule has 1 aliphatic carbocycles. The Bertz CT molecular complexity index is 1660. The molecule has 7 heteroatoms. The average Bonchev–Trinajstić information content (AvgIpc) is 2.83. The number of aromatic nitrogens is 1. The van der Waals surface area contributed by atoms with Gasteiger partial charge in [0, 0.05) is 27.9 Å². The molecule has 36 heavy (non-hydrogen) atoms. The first-order valence-electron chi connectivity index (χ1n) is 12.4. The van der Waals surface area contributed by atoms with E-state index in [0.717, 1.165) is 12.0 Å². The van der Waals surface area contributed by atoms with Gasteiger partial charge in [-0.2, -0.15) is 0 Å². The maximum Gasteiger partial charge on any atom is 0.258 e. The van der Waals surface area contributed by atoms with Gasteiger partial charge >= 0.3 is 0 Å². The zero-order chi connectivity index (χ0) is 25.5. The van der Waals surface area contributed by atoms with E-state index in [4.69, 9.17) is 0 Å². The topological polar surface area (TPSA) is 82.7 Å². The molecule has 2 heterocycles. The lowest BCUT2D eigenvalue weighted by molar-refractivity contribution is 0.430. The Labute approximate surface area is 206 Å². The third-order valence-electron chi connectivity index (χ3n) is 8.19. The maximum absolute atomic E-state index is 14.4. The minimum absolute atomic E-state index is 0.0104. The number of halogens is 2. The van der Waals surface area contributed by atoms with Crippen molar-refractivity contribution in [3.05, 3.63) is 74.1 Å². The van der Waals surface area contributed by atoms with Crippen molar-refractivity contribution in [1.29, 1.82) is 0 Å². The van der Waals surface area contributed by atoms with E-state index in [1.54, 1.807) is 4.57 Å². The molecule has 5 nitrogen and oxygen atoms in total. The Morgan fingerprint density at radius 2 is 1.44 bits per heavy atom. The van der Waals surface area contributed by atoms with Crippen LogP contribution in [0.25, 0.3) is 21.7 Å². The van der Waals surface area contributed by atoms with Gasteiger partial charge in [-0.3, -0.25) is 4.79 Å². The van der Waals surface area contributed by atoms with Crippen LogP contribution >= 0.6 is 0 Å². The van der Waals surface area contributed by atoms with Gasteiger partial charge in [0.1, 0.15) is 28.9 Å². The first-order chi connectivity index (χ1) is 17.2. The third kappa shape index (κ3) is 3.14. The van der Waals surface area contributed by atoms with Gasteiger partial charge in [0.2, 0.25) is 0 Å². The Morgan fingerprint density at radius 1 is 0.833 bits per heavy atom. The molecular formula is C29H27F2NO4. The lowest BCUT2D eigenvalue weighted by atomic mass is 9.79. The molecule has 0 fully saturated rings. The van der Waals surface area contributed by atoms with E-state index in [2.05, 4.69) is 0 Å². The summed E-state index contributed by atoms with van der Waals surface area (Å²) in [5, 5.41) is 34.7. The number of aromatic hydroxyl groups is 3. The van der Waals surface area contributed by atoms with Crippen molar-refractivity contribution in [1.82, 2.24) is 4.57 Å². The largest absolute Gasteiger partial charge is 0.507 e. The predicted molar refractivity (Wildman–Crippen MR) is 134 cm³/mol. The number of hydrogen-bond donors (Lipinski definition) is 3. The van der Waals surface area contributed by atoms with Gasteiger partial charge in [-0.05, 0) is 92.1 Å². The monoisotopic (exact) mass is 491 g/mol. The summed E-state index contributed by atoms with van der Waals surface area (Å²) >= 11 is 0. The summed E-state index contributed by atoms with van der Waals surface area (Å²) in [5.41, 5.74) is 2.64. The molecule has 0 amide bonds. The van der Waals surface area contributed by atoms with Crippen molar-refractivity contribution in [3.8, 4) is 17.2 Å². The van der Waals surface area contributed by atoms with Crippen molar-refractivity contribution in [2.75, 3.05) is 0 Å². The highest BCUT2D eigenvalue weighted by atomic mass is 19.1. The molecule has 4 aromatic rings. The van der Waals surface area contributed by atoms with Crippen molar-refractivity contribution in [2.24, 2.45) is 0 Å². The molecule has 0 bridgehead atoms. The normalized spacial score (nSPS) is 18.8. The number of rotatable bonds is 3. The lowest BCUT2D eigenvalue weighted by Crippen LogP contribution is -2.30. The molecule has 2 aliphatic rings. The van der Waals surface area contributed by atoms with E-state index in [0.29, 0.717) is 46.7 Å². The number of phenolic OH excluding ortho intramolecular Hbond substituents is 2. The zero-order valence-corrected chi connectivity index (χ0v) is 20.2. The number of benzene rings is 3. The molecule has 3 N–H and O–H groups in total. The second-order valence-corrected chi connectivity index (χ2v) is 10.4. The van der Waals surface area contributed by atoms with Gasteiger partial charge in [-0.15, -0.1) is 0 Å². The minimum Gasteiger partial charge on any atom is -0.507 e. The zero-order valence-electron chi connectivity index (χ0n) is 20.2. The Kier molecular flexibility index (Phi) is 5.04.